The van der Waals surface area contributed by atoms with Crippen LogP contribution < -0.4 is 10.2 Å². The van der Waals surface area contributed by atoms with Crippen LogP contribution in [0.5, 0.6) is 0 Å². The molecule has 154 valence electrons. The van der Waals surface area contributed by atoms with Crippen LogP contribution in [0, 0.1) is 19.7 Å². The van der Waals surface area contributed by atoms with Crippen molar-refractivity contribution in [2.45, 2.75) is 13.8 Å². The molecule has 0 aliphatic carbocycles. The van der Waals surface area contributed by atoms with Gasteiger partial charge in [-0.05, 0) is 49.7 Å². The lowest BCUT2D eigenvalue weighted by molar-refractivity contribution is 0.0746. The zero-order chi connectivity index (χ0) is 21.1. The van der Waals surface area contributed by atoms with Gasteiger partial charge in [0.1, 0.15) is 29.1 Å². The number of anilines is 3. The molecule has 1 aromatic carbocycles. The number of aryl methyl sites for hydroxylation is 2. The van der Waals surface area contributed by atoms with Gasteiger partial charge < -0.3 is 15.1 Å². The summed E-state index contributed by atoms with van der Waals surface area (Å²) in [6, 6.07) is 11.6. The average molecular weight is 406 g/mol. The third-order valence-electron chi connectivity index (χ3n) is 4.96. The lowest BCUT2D eigenvalue weighted by atomic mass is 10.1. The van der Waals surface area contributed by atoms with Crippen LogP contribution in [0.4, 0.5) is 21.8 Å². The molecule has 1 fully saturated rings. The normalized spacial score (nSPS) is 14.0. The van der Waals surface area contributed by atoms with Gasteiger partial charge in [0.05, 0.1) is 0 Å². The maximum Gasteiger partial charge on any atom is 0.254 e. The fourth-order valence-electron chi connectivity index (χ4n) is 3.46. The summed E-state index contributed by atoms with van der Waals surface area (Å²) in [6.07, 6.45) is 1.75. The van der Waals surface area contributed by atoms with Gasteiger partial charge in [-0.2, -0.15) is 0 Å². The van der Waals surface area contributed by atoms with E-state index in [0.717, 1.165) is 17.2 Å². The number of carbonyl (C=O) groups is 1. The van der Waals surface area contributed by atoms with Crippen molar-refractivity contribution in [3.63, 3.8) is 0 Å². The van der Waals surface area contributed by atoms with E-state index < -0.39 is 5.82 Å². The quantitative estimate of drug-likeness (QED) is 0.716. The predicted molar refractivity (Wildman–Crippen MR) is 114 cm³/mol. The molecule has 1 amide bonds. The first-order valence-electron chi connectivity index (χ1n) is 9.83. The Hall–Kier alpha value is -3.55. The van der Waals surface area contributed by atoms with E-state index >= 15 is 0 Å². The highest BCUT2D eigenvalue weighted by molar-refractivity contribution is 5.94. The molecule has 1 aliphatic heterocycles. The van der Waals surface area contributed by atoms with Crippen LogP contribution in [0.3, 0.4) is 0 Å². The van der Waals surface area contributed by atoms with Crippen LogP contribution in [-0.4, -0.2) is 51.9 Å². The summed E-state index contributed by atoms with van der Waals surface area (Å²) in [5.41, 5.74) is 1.48. The Balaban J connectivity index is 1.44. The number of halogens is 1. The van der Waals surface area contributed by atoms with Crippen molar-refractivity contribution in [3.05, 3.63) is 71.4 Å². The number of aromatic nitrogens is 3. The maximum atomic E-state index is 13.4. The molecular formula is C22H23FN6O. The van der Waals surface area contributed by atoms with Crippen molar-refractivity contribution in [1.29, 1.82) is 0 Å². The maximum absolute atomic E-state index is 13.4. The summed E-state index contributed by atoms with van der Waals surface area (Å²) in [5.74, 6) is 2.30. The average Bonchev–Trinajstić information content (AvgIpc) is 2.73. The number of piperazine rings is 1. The van der Waals surface area contributed by atoms with Gasteiger partial charge in [0.2, 0.25) is 0 Å². The first-order valence-corrected chi connectivity index (χ1v) is 9.83. The van der Waals surface area contributed by atoms with Crippen LogP contribution in [0.15, 0.2) is 48.7 Å². The topological polar surface area (TPSA) is 74.2 Å². The van der Waals surface area contributed by atoms with Gasteiger partial charge in [-0.15, -0.1) is 0 Å². The molecule has 30 heavy (non-hydrogen) atoms. The minimum atomic E-state index is -0.404. The zero-order valence-corrected chi connectivity index (χ0v) is 17.0. The van der Waals surface area contributed by atoms with E-state index in [-0.39, 0.29) is 5.91 Å². The number of pyridine rings is 1. The molecular weight excluding hydrogens is 383 g/mol. The second-order valence-electron chi connectivity index (χ2n) is 7.29. The van der Waals surface area contributed by atoms with E-state index in [1.54, 1.807) is 23.2 Å². The first-order chi connectivity index (χ1) is 14.5. The van der Waals surface area contributed by atoms with Gasteiger partial charge in [0.15, 0.2) is 0 Å². The molecule has 8 heteroatoms. The minimum absolute atomic E-state index is 0.152. The van der Waals surface area contributed by atoms with Crippen molar-refractivity contribution >= 4 is 23.4 Å². The lowest BCUT2D eigenvalue weighted by Crippen LogP contribution is -2.49. The number of amides is 1. The lowest BCUT2D eigenvalue weighted by Gasteiger charge is -2.35. The molecule has 0 saturated carbocycles. The monoisotopic (exact) mass is 406 g/mol. The molecule has 0 bridgehead atoms. The van der Waals surface area contributed by atoms with E-state index in [0.29, 0.717) is 43.4 Å². The third kappa shape index (κ3) is 4.53. The molecule has 0 atom stereocenters. The molecule has 0 spiro atoms. The largest absolute Gasteiger partial charge is 0.353 e. The van der Waals surface area contributed by atoms with Crippen LogP contribution >= 0.6 is 0 Å². The molecule has 1 saturated heterocycles. The molecule has 0 radical (unpaired) electrons. The number of rotatable bonds is 4. The Morgan fingerprint density at radius 3 is 2.53 bits per heavy atom. The van der Waals surface area contributed by atoms with Crippen molar-refractivity contribution < 1.29 is 9.18 Å². The van der Waals surface area contributed by atoms with E-state index in [9.17, 15) is 9.18 Å². The smallest absolute Gasteiger partial charge is 0.254 e. The number of carbonyl (C=O) groups excluding carboxylic acids is 1. The number of nitrogens with zero attached hydrogens (tertiary/aromatic N) is 5. The minimum Gasteiger partial charge on any atom is -0.353 e. The number of hydrogen-bond donors (Lipinski definition) is 1. The third-order valence-corrected chi connectivity index (χ3v) is 4.96. The second-order valence-corrected chi connectivity index (χ2v) is 7.29. The van der Waals surface area contributed by atoms with Crippen molar-refractivity contribution in [2.75, 3.05) is 36.4 Å². The van der Waals surface area contributed by atoms with Gasteiger partial charge >= 0.3 is 0 Å². The molecule has 0 unspecified atom stereocenters. The van der Waals surface area contributed by atoms with Crippen LogP contribution in [0.1, 0.15) is 21.7 Å². The summed E-state index contributed by atoms with van der Waals surface area (Å²) in [6.45, 7) is 6.22. The van der Waals surface area contributed by atoms with Crippen LogP contribution in [0.25, 0.3) is 0 Å². The Morgan fingerprint density at radius 2 is 1.80 bits per heavy atom. The van der Waals surface area contributed by atoms with E-state index in [1.807, 2.05) is 32.0 Å². The SMILES string of the molecule is Cc1ccnc(Nc2cc(N3CCN(C(=O)c4cccc(F)c4)CC3)nc(C)n2)c1. The zero-order valence-electron chi connectivity index (χ0n) is 17.0. The highest BCUT2D eigenvalue weighted by Crippen LogP contribution is 2.21. The summed E-state index contributed by atoms with van der Waals surface area (Å²) in [5, 5.41) is 3.23. The van der Waals surface area contributed by atoms with E-state index in [4.69, 9.17) is 0 Å². The summed E-state index contributed by atoms with van der Waals surface area (Å²) >= 11 is 0. The van der Waals surface area contributed by atoms with Crippen LogP contribution in [-0.2, 0) is 0 Å². The molecule has 1 aliphatic rings. The molecule has 1 N–H and O–H groups in total. The van der Waals surface area contributed by atoms with Gasteiger partial charge in [0, 0.05) is 44.0 Å². The standard InChI is InChI=1S/C22H23FN6O/c1-15-6-7-24-19(12-15)27-20-14-21(26-16(2)25-20)28-8-10-29(11-9-28)22(30)17-4-3-5-18(23)13-17/h3-7,12-14H,8-11H2,1-2H3,(H,24,25,26,27). The highest BCUT2D eigenvalue weighted by atomic mass is 19.1. The number of hydrogen-bond acceptors (Lipinski definition) is 6. The molecule has 7 nitrogen and oxygen atoms in total. The van der Waals surface area contributed by atoms with Crippen molar-refractivity contribution in [2.24, 2.45) is 0 Å². The fourth-order valence-corrected chi connectivity index (χ4v) is 3.46. The predicted octanol–water partition coefficient (Wildman–Crippen LogP) is 3.33. The van der Waals surface area contributed by atoms with Gasteiger partial charge in [-0.3, -0.25) is 4.79 Å². The summed E-state index contributed by atoms with van der Waals surface area (Å²) < 4.78 is 13.4. The van der Waals surface area contributed by atoms with Gasteiger partial charge in [-0.1, -0.05) is 6.07 Å². The summed E-state index contributed by atoms with van der Waals surface area (Å²) in [7, 11) is 0. The number of nitrogens with one attached hydrogen (secondary N) is 1. The molecule has 4 rings (SSSR count). The van der Waals surface area contributed by atoms with E-state index in [2.05, 4.69) is 25.2 Å². The molecule has 3 heterocycles. The summed E-state index contributed by atoms with van der Waals surface area (Å²) in [4.78, 5) is 29.8. The Labute approximate surface area is 174 Å². The fraction of sp³-hybridized carbons (Fsp3) is 0.273. The molecule has 2 aromatic heterocycles. The van der Waals surface area contributed by atoms with Gasteiger partial charge in [0.25, 0.3) is 5.91 Å². The molecule has 3 aromatic rings. The van der Waals surface area contributed by atoms with Gasteiger partial charge in [-0.25, -0.2) is 19.3 Å². The first kappa shape index (κ1) is 19.8. The Bertz CT molecular complexity index is 1060. The van der Waals surface area contributed by atoms with Crippen molar-refractivity contribution in [3.8, 4) is 0 Å². The second kappa shape index (κ2) is 8.44. The number of benzene rings is 1. The van der Waals surface area contributed by atoms with Crippen LogP contribution in [0.2, 0.25) is 0 Å². The Kier molecular flexibility index (Phi) is 5.56. The van der Waals surface area contributed by atoms with E-state index in [1.165, 1.54) is 12.1 Å². The highest BCUT2D eigenvalue weighted by Gasteiger charge is 2.23. The van der Waals surface area contributed by atoms with Crippen molar-refractivity contribution in [1.82, 2.24) is 19.9 Å². The Morgan fingerprint density at radius 1 is 1.00 bits per heavy atom.